The first kappa shape index (κ1) is 19.6. The van der Waals surface area contributed by atoms with Crippen LogP contribution in [0.15, 0.2) is 36.4 Å². The lowest BCUT2D eigenvalue weighted by molar-refractivity contribution is -0.137. The molecule has 7 heteroatoms. The Hall–Kier alpha value is -2.70. The number of hydrogen-bond donors (Lipinski definition) is 1. The summed E-state index contributed by atoms with van der Waals surface area (Å²) in [6, 6.07) is 7.30. The number of benzene rings is 2. The van der Waals surface area contributed by atoms with Crippen LogP contribution in [-0.2, 0) is 6.18 Å². The van der Waals surface area contributed by atoms with Gasteiger partial charge in [0, 0.05) is 5.56 Å². The number of nitrogens with one attached hydrogen (secondary N) is 1. The van der Waals surface area contributed by atoms with Crippen LogP contribution >= 0.6 is 0 Å². The van der Waals surface area contributed by atoms with Gasteiger partial charge in [0.15, 0.2) is 11.5 Å². The van der Waals surface area contributed by atoms with Crippen LogP contribution in [-0.4, -0.2) is 20.1 Å². The summed E-state index contributed by atoms with van der Waals surface area (Å²) in [4.78, 5) is 12.3. The molecule has 0 saturated heterocycles. The van der Waals surface area contributed by atoms with Gasteiger partial charge in [-0.1, -0.05) is 0 Å². The maximum atomic E-state index is 12.6. The van der Waals surface area contributed by atoms with E-state index in [2.05, 4.69) is 5.32 Å². The number of carbonyl (C=O) groups excluding carboxylic acids is 1. The van der Waals surface area contributed by atoms with Crippen LogP contribution in [0.5, 0.6) is 11.5 Å². The summed E-state index contributed by atoms with van der Waals surface area (Å²) < 4.78 is 48.3. The SMILES string of the molecule is COc1cc(C)c(C(C)NC(=O)c2ccc(C(F)(F)F)cc2)cc1OC. The number of rotatable bonds is 5. The standard InChI is InChI=1S/C19H20F3NO3/c1-11-9-16(25-3)17(26-4)10-15(11)12(2)23-18(24)13-5-7-14(8-6-13)19(20,21)22/h5-10,12H,1-4H3,(H,23,24). The van der Waals surface area contributed by atoms with Gasteiger partial charge in [0.05, 0.1) is 25.8 Å². The summed E-state index contributed by atoms with van der Waals surface area (Å²) in [5.74, 6) is 0.652. The lowest BCUT2D eigenvalue weighted by Crippen LogP contribution is -2.27. The fourth-order valence-electron chi connectivity index (χ4n) is 2.63. The van der Waals surface area contributed by atoms with E-state index < -0.39 is 17.6 Å². The summed E-state index contributed by atoms with van der Waals surface area (Å²) >= 11 is 0. The number of methoxy groups -OCH3 is 2. The molecule has 4 nitrogen and oxygen atoms in total. The molecule has 0 spiro atoms. The number of hydrogen-bond acceptors (Lipinski definition) is 3. The van der Waals surface area contributed by atoms with Crippen molar-refractivity contribution < 1.29 is 27.4 Å². The summed E-state index contributed by atoms with van der Waals surface area (Å²) in [6.07, 6.45) is -4.43. The lowest BCUT2D eigenvalue weighted by Gasteiger charge is -2.19. The Morgan fingerprint density at radius 3 is 2.08 bits per heavy atom. The Morgan fingerprint density at radius 1 is 1.04 bits per heavy atom. The van der Waals surface area contributed by atoms with Crippen molar-refractivity contribution in [2.45, 2.75) is 26.1 Å². The van der Waals surface area contributed by atoms with Crippen molar-refractivity contribution in [2.75, 3.05) is 14.2 Å². The van der Waals surface area contributed by atoms with E-state index in [0.717, 1.165) is 35.4 Å². The topological polar surface area (TPSA) is 47.6 Å². The van der Waals surface area contributed by atoms with E-state index in [4.69, 9.17) is 9.47 Å². The number of halogens is 3. The Morgan fingerprint density at radius 2 is 1.58 bits per heavy atom. The number of ether oxygens (including phenoxy) is 2. The molecule has 0 aliphatic heterocycles. The Kier molecular flexibility index (Phi) is 5.79. The smallest absolute Gasteiger partial charge is 0.416 e. The molecule has 0 heterocycles. The van der Waals surface area contributed by atoms with Crippen molar-refractivity contribution in [2.24, 2.45) is 0 Å². The molecule has 1 amide bonds. The molecule has 0 bridgehead atoms. The molecule has 2 rings (SSSR count). The molecular formula is C19H20F3NO3. The molecule has 1 unspecified atom stereocenters. The van der Waals surface area contributed by atoms with E-state index in [9.17, 15) is 18.0 Å². The third kappa shape index (κ3) is 4.28. The molecular weight excluding hydrogens is 347 g/mol. The summed E-state index contributed by atoms with van der Waals surface area (Å²) in [7, 11) is 3.05. The van der Waals surface area contributed by atoms with Crippen LogP contribution in [0.2, 0.25) is 0 Å². The molecule has 2 aromatic rings. The van der Waals surface area contributed by atoms with Gasteiger partial charge in [0.2, 0.25) is 0 Å². The number of alkyl halides is 3. The van der Waals surface area contributed by atoms with Crippen LogP contribution in [0.1, 0.15) is 40.0 Å². The number of amides is 1. The summed E-state index contributed by atoms with van der Waals surface area (Å²) in [5, 5.41) is 2.78. The van der Waals surface area contributed by atoms with Gasteiger partial charge in [-0.3, -0.25) is 4.79 Å². The fraction of sp³-hybridized carbons (Fsp3) is 0.316. The normalized spacial score (nSPS) is 12.4. The Balaban J connectivity index is 2.19. The highest BCUT2D eigenvalue weighted by atomic mass is 19.4. The molecule has 0 radical (unpaired) electrons. The molecule has 0 saturated carbocycles. The second-order valence-electron chi connectivity index (χ2n) is 5.83. The third-order valence-corrected chi connectivity index (χ3v) is 4.06. The van der Waals surface area contributed by atoms with E-state index in [1.165, 1.54) is 14.2 Å². The average molecular weight is 367 g/mol. The zero-order valence-corrected chi connectivity index (χ0v) is 14.9. The molecule has 0 aromatic heterocycles. The van der Waals surface area contributed by atoms with Crippen molar-refractivity contribution in [3.63, 3.8) is 0 Å². The predicted octanol–water partition coefficient (Wildman–Crippen LogP) is 4.52. The maximum Gasteiger partial charge on any atom is 0.416 e. The molecule has 2 aromatic carbocycles. The molecule has 0 aliphatic rings. The van der Waals surface area contributed by atoms with Crippen molar-refractivity contribution in [3.05, 3.63) is 58.7 Å². The third-order valence-electron chi connectivity index (χ3n) is 4.06. The van der Waals surface area contributed by atoms with Crippen LogP contribution in [0.3, 0.4) is 0 Å². The minimum absolute atomic E-state index is 0.156. The zero-order chi connectivity index (χ0) is 19.5. The zero-order valence-electron chi connectivity index (χ0n) is 14.9. The summed E-state index contributed by atoms with van der Waals surface area (Å²) in [5.41, 5.74) is 1.08. The van der Waals surface area contributed by atoms with Crippen LogP contribution in [0, 0.1) is 6.92 Å². The number of aryl methyl sites for hydroxylation is 1. The molecule has 0 fully saturated rings. The first-order chi connectivity index (χ1) is 12.2. The highest BCUT2D eigenvalue weighted by Gasteiger charge is 2.30. The van der Waals surface area contributed by atoms with Gasteiger partial charge in [-0.2, -0.15) is 13.2 Å². The van der Waals surface area contributed by atoms with Crippen molar-refractivity contribution >= 4 is 5.91 Å². The largest absolute Gasteiger partial charge is 0.493 e. The van der Waals surface area contributed by atoms with Crippen molar-refractivity contribution in [1.82, 2.24) is 5.32 Å². The first-order valence-corrected chi connectivity index (χ1v) is 7.88. The van der Waals surface area contributed by atoms with Gasteiger partial charge in [-0.05, 0) is 61.4 Å². The highest BCUT2D eigenvalue weighted by Crippen LogP contribution is 2.33. The monoisotopic (exact) mass is 367 g/mol. The van der Waals surface area contributed by atoms with Crippen molar-refractivity contribution in [1.29, 1.82) is 0 Å². The van der Waals surface area contributed by atoms with Gasteiger partial charge in [0.1, 0.15) is 0 Å². The van der Waals surface area contributed by atoms with E-state index in [1.807, 2.05) is 6.92 Å². The molecule has 0 aliphatic carbocycles. The van der Waals surface area contributed by atoms with E-state index in [-0.39, 0.29) is 11.6 Å². The quantitative estimate of drug-likeness (QED) is 0.845. The summed E-state index contributed by atoms with van der Waals surface area (Å²) in [6.45, 7) is 3.66. The van der Waals surface area contributed by atoms with Gasteiger partial charge >= 0.3 is 6.18 Å². The Labute approximate surface area is 149 Å². The van der Waals surface area contributed by atoms with Crippen LogP contribution in [0.25, 0.3) is 0 Å². The van der Waals surface area contributed by atoms with Gasteiger partial charge in [-0.25, -0.2) is 0 Å². The van der Waals surface area contributed by atoms with Gasteiger partial charge < -0.3 is 14.8 Å². The van der Waals surface area contributed by atoms with Crippen molar-refractivity contribution in [3.8, 4) is 11.5 Å². The molecule has 140 valence electrons. The molecule has 1 atom stereocenters. The second kappa shape index (κ2) is 7.68. The van der Waals surface area contributed by atoms with E-state index >= 15 is 0 Å². The van der Waals surface area contributed by atoms with E-state index in [0.29, 0.717) is 11.5 Å². The first-order valence-electron chi connectivity index (χ1n) is 7.88. The Bertz CT molecular complexity index is 786. The van der Waals surface area contributed by atoms with Gasteiger partial charge in [0.25, 0.3) is 5.91 Å². The van der Waals surface area contributed by atoms with E-state index in [1.54, 1.807) is 19.1 Å². The fourth-order valence-corrected chi connectivity index (χ4v) is 2.63. The number of carbonyl (C=O) groups is 1. The molecule has 1 N–H and O–H groups in total. The maximum absolute atomic E-state index is 12.6. The lowest BCUT2D eigenvalue weighted by atomic mass is 10.0. The minimum atomic E-state index is -4.43. The molecule has 26 heavy (non-hydrogen) atoms. The van der Waals surface area contributed by atoms with Crippen LogP contribution < -0.4 is 14.8 Å². The average Bonchev–Trinajstić information content (AvgIpc) is 2.60. The minimum Gasteiger partial charge on any atom is -0.493 e. The second-order valence-corrected chi connectivity index (χ2v) is 5.83. The highest BCUT2D eigenvalue weighted by molar-refractivity contribution is 5.94. The predicted molar refractivity (Wildman–Crippen MR) is 91.6 cm³/mol. The van der Waals surface area contributed by atoms with Crippen LogP contribution in [0.4, 0.5) is 13.2 Å². The van der Waals surface area contributed by atoms with Gasteiger partial charge in [-0.15, -0.1) is 0 Å².